The number of amides is 2. The minimum atomic E-state index is -0.903. The Bertz CT molecular complexity index is 857. The summed E-state index contributed by atoms with van der Waals surface area (Å²) in [6.45, 7) is 1.72. The fourth-order valence-corrected chi connectivity index (χ4v) is 2.85. The first-order valence-corrected chi connectivity index (χ1v) is 8.68. The first kappa shape index (κ1) is 18.5. The van der Waals surface area contributed by atoms with E-state index in [-0.39, 0.29) is 37.0 Å². The van der Waals surface area contributed by atoms with Crippen LogP contribution in [0.5, 0.6) is 0 Å². The second-order valence-corrected chi connectivity index (χ2v) is 6.35. The number of benzene rings is 2. The van der Waals surface area contributed by atoms with Gasteiger partial charge in [-0.3, -0.25) is 19.3 Å². The molecule has 0 N–H and O–H groups in total. The molecule has 138 valence electrons. The molecule has 0 aromatic heterocycles. The van der Waals surface area contributed by atoms with Crippen molar-refractivity contribution >= 4 is 23.6 Å². The first-order chi connectivity index (χ1) is 13.0. The summed E-state index contributed by atoms with van der Waals surface area (Å²) in [5, 5.41) is 0. The van der Waals surface area contributed by atoms with Gasteiger partial charge in [-0.15, -0.1) is 0 Å². The summed E-state index contributed by atoms with van der Waals surface area (Å²) in [5.41, 5.74) is 1.52. The number of likely N-dealkylation sites (tertiary alicyclic amines) is 1. The zero-order chi connectivity index (χ0) is 19.4. The van der Waals surface area contributed by atoms with Gasteiger partial charge in [-0.2, -0.15) is 0 Å². The van der Waals surface area contributed by atoms with Gasteiger partial charge in [0.25, 0.3) is 0 Å². The number of ether oxygens (including phenoxy) is 1. The van der Waals surface area contributed by atoms with E-state index in [1.165, 1.54) is 11.8 Å². The SMILES string of the molecule is C[C@@H](OC(=O)c1ccc(CN2C(=O)CCC2=O)cc1)C(=O)c1ccccc1. The van der Waals surface area contributed by atoms with E-state index in [4.69, 9.17) is 4.74 Å². The molecule has 6 heteroatoms. The molecule has 0 unspecified atom stereocenters. The van der Waals surface area contributed by atoms with Crippen LogP contribution < -0.4 is 0 Å². The average molecular weight is 365 g/mol. The van der Waals surface area contributed by atoms with Gasteiger partial charge in [0.2, 0.25) is 17.6 Å². The predicted octanol–water partition coefficient (Wildman–Crippen LogP) is 2.76. The third kappa shape index (κ3) is 4.28. The fraction of sp³-hybridized carbons (Fsp3) is 0.238. The molecule has 2 aromatic rings. The molecule has 1 fully saturated rings. The van der Waals surface area contributed by atoms with Crippen LogP contribution in [0.15, 0.2) is 54.6 Å². The number of Topliss-reactive ketones (excluding diaryl/α,β-unsaturated/α-hetero) is 1. The van der Waals surface area contributed by atoms with E-state index in [1.807, 2.05) is 0 Å². The zero-order valence-corrected chi connectivity index (χ0v) is 14.9. The fourth-order valence-electron chi connectivity index (χ4n) is 2.85. The van der Waals surface area contributed by atoms with Crippen LogP contribution in [-0.4, -0.2) is 34.6 Å². The number of hydrogen-bond donors (Lipinski definition) is 0. The van der Waals surface area contributed by atoms with Crippen molar-refractivity contribution in [1.29, 1.82) is 0 Å². The first-order valence-electron chi connectivity index (χ1n) is 8.68. The highest BCUT2D eigenvalue weighted by Gasteiger charge is 2.28. The lowest BCUT2D eigenvalue weighted by Crippen LogP contribution is -2.28. The molecule has 2 aromatic carbocycles. The molecule has 1 atom stereocenters. The molecular formula is C21H19NO5. The molecule has 0 aliphatic carbocycles. The van der Waals surface area contributed by atoms with Crippen LogP contribution >= 0.6 is 0 Å². The van der Waals surface area contributed by atoms with Gasteiger partial charge in [0.05, 0.1) is 12.1 Å². The largest absolute Gasteiger partial charge is 0.451 e. The maximum Gasteiger partial charge on any atom is 0.338 e. The topological polar surface area (TPSA) is 80.8 Å². The number of carbonyl (C=O) groups excluding carboxylic acids is 4. The second kappa shape index (κ2) is 7.95. The smallest absolute Gasteiger partial charge is 0.338 e. The summed E-state index contributed by atoms with van der Waals surface area (Å²) in [6, 6.07) is 15.1. The Morgan fingerprint density at radius 2 is 1.52 bits per heavy atom. The molecule has 1 aliphatic heterocycles. The molecule has 0 saturated carbocycles. The molecule has 3 rings (SSSR count). The van der Waals surface area contributed by atoms with E-state index in [2.05, 4.69) is 0 Å². The van der Waals surface area contributed by atoms with Crippen molar-refractivity contribution in [3.8, 4) is 0 Å². The van der Waals surface area contributed by atoms with Gasteiger partial charge >= 0.3 is 5.97 Å². The Labute approximate surface area is 156 Å². The Morgan fingerprint density at radius 3 is 2.11 bits per heavy atom. The Hall–Kier alpha value is -3.28. The molecule has 1 heterocycles. The predicted molar refractivity (Wildman–Crippen MR) is 96.9 cm³/mol. The van der Waals surface area contributed by atoms with Gasteiger partial charge in [0.1, 0.15) is 0 Å². The third-order valence-electron chi connectivity index (χ3n) is 4.40. The Morgan fingerprint density at radius 1 is 0.926 bits per heavy atom. The second-order valence-electron chi connectivity index (χ2n) is 6.35. The van der Waals surface area contributed by atoms with E-state index >= 15 is 0 Å². The van der Waals surface area contributed by atoms with Gasteiger partial charge in [0.15, 0.2) is 6.10 Å². The van der Waals surface area contributed by atoms with Crippen LogP contribution in [0.3, 0.4) is 0 Å². The summed E-state index contributed by atoms with van der Waals surface area (Å²) in [6.07, 6.45) is -0.410. The third-order valence-corrected chi connectivity index (χ3v) is 4.40. The monoisotopic (exact) mass is 365 g/mol. The van der Waals surface area contributed by atoms with Crippen molar-refractivity contribution in [2.75, 3.05) is 0 Å². The lowest BCUT2D eigenvalue weighted by atomic mass is 10.1. The van der Waals surface area contributed by atoms with Crippen LogP contribution in [0.1, 0.15) is 46.0 Å². The normalized spacial score (nSPS) is 14.9. The van der Waals surface area contributed by atoms with Gasteiger partial charge in [-0.1, -0.05) is 42.5 Å². The number of carbonyl (C=O) groups is 4. The molecule has 27 heavy (non-hydrogen) atoms. The Kier molecular flexibility index (Phi) is 5.45. The number of ketones is 1. The summed E-state index contributed by atoms with van der Waals surface area (Å²) in [7, 11) is 0. The summed E-state index contributed by atoms with van der Waals surface area (Å²) < 4.78 is 5.25. The summed E-state index contributed by atoms with van der Waals surface area (Å²) in [5.74, 6) is -1.24. The van der Waals surface area contributed by atoms with E-state index in [1.54, 1.807) is 54.6 Å². The quantitative estimate of drug-likeness (QED) is 0.447. The lowest BCUT2D eigenvalue weighted by molar-refractivity contribution is -0.139. The minimum Gasteiger partial charge on any atom is -0.451 e. The number of imide groups is 1. The highest BCUT2D eigenvalue weighted by Crippen LogP contribution is 2.17. The number of esters is 1. The van der Waals surface area contributed by atoms with Gasteiger partial charge in [0, 0.05) is 18.4 Å². The zero-order valence-electron chi connectivity index (χ0n) is 14.9. The van der Waals surface area contributed by atoms with Crippen molar-refractivity contribution in [1.82, 2.24) is 4.90 Å². The van der Waals surface area contributed by atoms with E-state index in [0.29, 0.717) is 11.1 Å². The van der Waals surface area contributed by atoms with Crippen molar-refractivity contribution in [2.24, 2.45) is 0 Å². The summed E-state index contributed by atoms with van der Waals surface area (Å²) in [4.78, 5) is 49.1. The van der Waals surface area contributed by atoms with Crippen molar-refractivity contribution in [2.45, 2.75) is 32.4 Å². The molecular weight excluding hydrogens is 346 g/mol. The van der Waals surface area contributed by atoms with Crippen LogP contribution in [0.4, 0.5) is 0 Å². The molecule has 0 radical (unpaired) electrons. The van der Waals surface area contributed by atoms with Crippen molar-refractivity contribution < 1.29 is 23.9 Å². The van der Waals surface area contributed by atoms with E-state index in [0.717, 1.165) is 5.56 Å². The van der Waals surface area contributed by atoms with Crippen LogP contribution in [0.2, 0.25) is 0 Å². The Balaban J connectivity index is 1.61. The number of rotatable bonds is 6. The molecule has 1 saturated heterocycles. The van der Waals surface area contributed by atoms with Gasteiger partial charge in [-0.25, -0.2) is 4.79 Å². The lowest BCUT2D eigenvalue weighted by Gasteiger charge is -2.14. The van der Waals surface area contributed by atoms with Crippen molar-refractivity contribution in [3.63, 3.8) is 0 Å². The van der Waals surface area contributed by atoms with Gasteiger partial charge < -0.3 is 4.74 Å². The van der Waals surface area contributed by atoms with Crippen LogP contribution in [0.25, 0.3) is 0 Å². The van der Waals surface area contributed by atoms with Crippen LogP contribution in [0, 0.1) is 0 Å². The minimum absolute atomic E-state index is 0.184. The molecule has 0 spiro atoms. The van der Waals surface area contributed by atoms with Crippen molar-refractivity contribution in [3.05, 3.63) is 71.3 Å². The van der Waals surface area contributed by atoms with Gasteiger partial charge in [-0.05, 0) is 24.6 Å². The molecule has 2 amide bonds. The standard InChI is InChI=1S/C21H19NO5/c1-14(20(25)16-5-3-2-4-6-16)27-21(26)17-9-7-15(8-10-17)13-22-18(23)11-12-19(22)24/h2-10,14H,11-13H2,1H3/t14-/m1/s1. The number of nitrogens with zero attached hydrogens (tertiary/aromatic N) is 1. The summed E-state index contributed by atoms with van der Waals surface area (Å²) >= 11 is 0. The van der Waals surface area contributed by atoms with Crippen LogP contribution in [-0.2, 0) is 20.9 Å². The maximum atomic E-state index is 12.3. The maximum absolute atomic E-state index is 12.3. The average Bonchev–Trinajstić information content (AvgIpc) is 3.00. The molecule has 0 bridgehead atoms. The molecule has 6 nitrogen and oxygen atoms in total. The highest BCUT2D eigenvalue weighted by molar-refractivity contribution is 6.02. The number of hydrogen-bond acceptors (Lipinski definition) is 5. The van der Waals surface area contributed by atoms with E-state index in [9.17, 15) is 19.2 Å². The molecule has 1 aliphatic rings. The van der Waals surface area contributed by atoms with E-state index < -0.39 is 12.1 Å². The highest BCUT2D eigenvalue weighted by atomic mass is 16.5.